The maximum atomic E-state index is 11.2. The topological polar surface area (TPSA) is 81.0 Å². The molecule has 0 fully saturated rings. The quantitative estimate of drug-likeness (QED) is 0.795. The summed E-state index contributed by atoms with van der Waals surface area (Å²) in [7, 11) is 0. The summed E-state index contributed by atoms with van der Waals surface area (Å²) in [5.41, 5.74) is 7.54. The molecule has 1 heterocycles. The molecule has 3 N–H and O–H groups in total. The second-order valence-corrected chi connectivity index (χ2v) is 4.00. The van der Waals surface area contributed by atoms with Crippen LogP contribution >= 0.6 is 0 Å². The number of rotatable bonds is 4. The summed E-state index contributed by atoms with van der Waals surface area (Å²) in [6.45, 7) is 2.26. The van der Waals surface area contributed by atoms with E-state index in [1.54, 1.807) is 6.07 Å². The number of nitrogens with one attached hydrogen (secondary N) is 1. The van der Waals surface area contributed by atoms with Gasteiger partial charge in [-0.3, -0.25) is 0 Å². The third-order valence-corrected chi connectivity index (χ3v) is 2.47. The highest BCUT2D eigenvalue weighted by atomic mass is 16.5. The van der Waals surface area contributed by atoms with Crippen LogP contribution in [-0.4, -0.2) is 16.6 Å². The van der Waals surface area contributed by atoms with Gasteiger partial charge in [0.15, 0.2) is 0 Å². The van der Waals surface area contributed by atoms with E-state index in [1.165, 1.54) is 0 Å². The first kappa shape index (κ1) is 12.2. The number of nitrogen functional groups attached to an aromatic ring is 1. The van der Waals surface area contributed by atoms with Crippen molar-refractivity contribution >= 4 is 5.69 Å². The zero-order chi connectivity index (χ0) is 13.0. The number of nitrogens with zero attached hydrogens (tertiary/aromatic N) is 1. The van der Waals surface area contributed by atoms with Gasteiger partial charge in [-0.05, 0) is 25.1 Å². The van der Waals surface area contributed by atoms with Crippen LogP contribution in [0.15, 0.2) is 35.1 Å². The lowest BCUT2D eigenvalue weighted by atomic mass is 10.2. The minimum absolute atomic E-state index is 0.329. The number of benzene rings is 1. The summed E-state index contributed by atoms with van der Waals surface area (Å²) in [5, 5.41) is 0. The summed E-state index contributed by atoms with van der Waals surface area (Å²) in [6.07, 6.45) is 0.569. The Bertz CT molecular complexity index is 593. The number of ether oxygens (including phenoxy) is 1. The highest BCUT2D eigenvalue weighted by molar-refractivity contribution is 5.51. The van der Waals surface area contributed by atoms with Crippen molar-refractivity contribution in [2.24, 2.45) is 0 Å². The predicted molar refractivity (Wildman–Crippen MR) is 69.6 cm³/mol. The van der Waals surface area contributed by atoms with E-state index in [9.17, 15) is 4.79 Å². The van der Waals surface area contributed by atoms with Crippen molar-refractivity contribution in [3.05, 3.63) is 52.2 Å². The van der Waals surface area contributed by atoms with Gasteiger partial charge in [-0.15, -0.1) is 0 Å². The molecule has 5 heteroatoms. The molecule has 0 aliphatic heterocycles. The summed E-state index contributed by atoms with van der Waals surface area (Å²) in [5.74, 6) is 0.652. The van der Waals surface area contributed by atoms with Gasteiger partial charge in [0.1, 0.15) is 5.75 Å². The van der Waals surface area contributed by atoms with Crippen LogP contribution in [0.5, 0.6) is 5.75 Å². The molecular formula is C13H15N3O2. The van der Waals surface area contributed by atoms with E-state index in [4.69, 9.17) is 10.5 Å². The van der Waals surface area contributed by atoms with E-state index in [1.807, 2.05) is 31.2 Å². The van der Waals surface area contributed by atoms with Crippen molar-refractivity contribution < 1.29 is 4.74 Å². The van der Waals surface area contributed by atoms with Crippen LogP contribution in [0.25, 0.3) is 0 Å². The molecule has 0 saturated carbocycles. The highest BCUT2D eigenvalue weighted by Gasteiger charge is 2.01. The Hall–Kier alpha value is -2.30. The molecule has 0 radical (unpaired) electrons. The first-order chi connectivity index (χ1) is 8.65. The Morgan fingerprint density at radius 2 is 2.17 bits per heavy atom. The average molecular weight is 245 g/mol. The third kappa shape index (κ3) is 3.10. The van der Waals surface area contributed by atoms with Gasteiger partial charge in [0.2, 0.25) is 0 Å². The van der Waals surface area contributed by atoms with Crippen molar-refractivity contribution in [3.63, 3.8) is 0 Å². The maximum Gasteiger partial charge on any atom is 0.345 e. The molecule has 0 aliphatic carbocycles. The van der Waals surface area contributed by atoms with Gasteiger partial charge < -0.3 is 15.5 Å². The predicted octanol–water partition coefficient (Wildman–Crippen LogP) is 1.28. The number of hydrogen-bond acceptors (Lipinski definition) is 4. The molecule has 18 heavy (non-hydrogen) atoms. The van der Waals surface area contributed by atoms with Crippen molar-refractivity contribution in [1.29, 1.82) is 0 Å². The van der Waals surface area contributed by atoms with Gasteiger partial charge in [0.25, 0.3) is 0 Å². The summed E-state index contributed by atoms with van der Waals surface area (Å²) >= 11 is 0. The molecule has 0 amide bonds. The number of H-pyrrole nitrogens is 1. The maximum absolute atomic E-state index is 11.2. The van der Waals surface area contributed by atoms with Crippen molar-refractivity contribution in [3.8, 4) is 5.75 Å². The number of hydrogen-bond donors (Lipinski definition) is 2. The van der Waals surface area contributed by atoms with Crippen LogP contribution in [0.3, 0.4) is 0 Å². The van der Waals surface area contributed by atoms with Crippen LogP contribution in [0.1, 0.15) is 11.4 Å². The van der Waals surface area contributed by atoms with E-state index >= 15 is 0 Å². The molecule has 1 aromatic carbocycles. The van der Waals surface area contributed by atoms with E-state index in [2.05, 4.69) is 9.97 Å². The van der Waals surface area contributed by atoms with E-state index in [0.29, 0.717) is 30.2 Å². The van der Waals surface area contributed by atoms with E-state index < -0.39 is 0 Å². The molecule has 2 rings (SSSR count). The molecule has 0 unspecified atom stereocenters. The molecule has 1 aromatic heterocycles. The molecule has 5 nitrogen and oxygen atoms in total. The van der Waals surface area contributed by atoms with Crippen LogP contribution in [0.2, 0.25) is 0 Å². The second kappa shape index (κ2) is 5.35. The normalized spacial score (nSPS) is 10.3. The first-order valence-electron chi connectivity index (χ1n) is 5.69. The van der Waals surface area contributed by atoms with Gasteiger partial charge in [0.05, 0.1) is 18.0 Å². The van der Waals surface area contributed by atoms with E-state index in [0.717, 1.165) is 5.69 Å². The summed E-state index contributed by atoms with van der Waals surface area (Å²) in [4.78, 5) is 17.6. The lowest BCUT2D eigenvalue weighted by molar-refractivity contribution is 0.322. The Morgan fingerprint density at radius 3 is 2.89 bits per heavy atom. The molecule has 0 bridgehead atoms. The number of aryl methyl sites for hydroxylation is 1. The minimum atomic E-state index is -0.329. The standard InChI is InChI=1S/C13H15N3O2/c1-9-8-10(16-13(17)15-9)6-7-18-12-5-3-2-4-11(12)14/h2-5,8H,6-7,14H2,1H3,(H,15,16,17). The second-order valence-electron chi connectivity index (χ2n) is 4.00. The Labute approximate surface area is 105 Å². The molecule has 0 saturated heterocycles. The van der Waals surface area contributed by atoms with Gasteiger partial charge in [-0.25, -0.2) is 4.79 Å². The largest absolute Gasteiger partial charge is 0.491 e. The Morgan fingerprint density at radius 1 is 1.39 bits per heavy atom. The minimum Gasteiger partial charge on any atom is -0.491 e. The van der Waals surface area contributed by atoms with Gasteiger partial charge in [-0.1, -0.05) is 12.1 Å². The Kier molecular flexibility index (Phi) is 3.62. The van der Waals surface area contributed by atoms with Gasteiger partial charge >= 0.3 is 5.69 Å². The number of nitrogens with two attached hydrogens (primary N) is 1. The number of anilines is 1. The van der Waals surface area contributed by atoms with Crippen molar-refractivity contribution in [2.75, 3.05) is 12.3 Å². The Balaban J connectivity index is 1.96. The highest BCUT2D eigenvalue weighted by Crippen LogP contribution is 2.19. The fourth-order valence-corrected chi connectivity index (χ4v) is 1.65. The number of aromatic nitrogens is 2. The fraction of sp³-hybridized carbons (Fsp3) is 0.231. The van der Waals surface area contributed by atoms with Gasteiger partial charge in [0, 0.05) is 12.1 Å². The fourth-order valence-electron chi connectivity index (χ4n) is 1.65. The summed E-state index contributed by atoms with van der Waals surface area (Å²) in [6, 6.07) is 9.14. The van der Waals surface area contributed by atoms with Crippen LogP contribution in [-0.2, 0) is 6.42 Å². The number of para-hydroxylation sites is 2. The monoisotopic (exact) mass is 245 g/mol. The number of aromatic amines is 1. The van der Waals surface area contributed by atoms with Crippen molar-refractivity contribution in [2.45, 2.75) is 13.3 Å². The average Bonchev–Trinajstić information content (AvgIpc) is 2.30. The summed E-state index contributed by atoms with van der Waals surface area (Å²) < 4.78 is 5.54. The first-order valence-corrected chi connectivity index (χ1v) is 5.69. The lowest BCUT2D eigenvalue weighted by Gasteiger charge is -2.08. The smallest absolute Gasteiger partial charge is 0.345 e. The third-order valence-electron chi connectivity index (χ3n) is 2.47. The van der Waals surface area contributed by atoms with Crippen LogP contribution in [0, 0.1) is 6.92 Å². The molecule has 2 aromatic rings. The zero-order valence-corrected chi connectivity index (χ0v) is 10.1. The zero-order valence-electron chi connectivity index (χ0n) is 10.1. The van der Waals surface area contributed by atoms with Crippen LogP contribution in [0.4, 0.5) is 5.69 Å². The SMILES string of the molecule is Cc1cc(CCOc2ccccc2N)nc(=O)[nH]1. The molecular weight excluding hydrogens is 230 g/mol. The van der Waals surface area contributed by atoms with Crippen molar-refractivity contribution in [1.82, 2.24) is 9.97 Å². The molecule has 0 spiro atoms. The van der Waals surface area contributed by atoms with Crippen LogP contribution < -0.4 is 16.2 Å². The van der Waals surface area contributed by atoms with Gasteiger partial charge in [-0.2, -0.15) is 4.98 Å². The molecule has 0 aliphatic rings. The van der Waals surface area contributed by atoms with E-state index in [-0.39, 0.29) is 5.69 Å². The molecule has 0 atom stereocenters. The molecule has 94 valence electrons. The lowest BCUT2D eigenvalue weighted by Crippen LogP contribution is -2.15.